The molecule has 1 aromatic carbocycles. The molecule has 0 aliphatic carbocycles. The number of nitrogens with zero attached hydrogens (tertiary/aromatic N) is 1. The highest BCUT2D eigenvalue weighted by molar-refractivity contribution is 7.95. The highest BCUT2D eigenvalue weighted by Crippen LogP contribution is 2.35. The number of rotatable bonds is 8. The van der Waals surface area contributed by atoms with Crippen molar-refractivity contribution in [1.29, 1.82) is 0 Å². The molecule has 1 aromatic heterocycles. The van der Waals surface area contributed by atoms with Gasteiger partial charge in [-0.2, -0.15) is 4.37 Å². The first-order chi connectivity index (χ1) is 12.2. The summed E-state index contributed by atoms with van der Waals surface area (Å²) in [4.78, 5) is 0.846. The standard InChI is InChI=1S/C18H28BN2O4S2/c1-15(2,22)17(5,6)24-19-11-9-10-12(14-13(11)20-27-21-14)26-25-18(7,8)16(3,4)23/h9-10,22-23H,1-8H3/p+1. The monoisotopic (exact) mass is 412 g/mol. The van der Waals surface area contributed by atoms with Gasteiger partial charge in [0.1, 0.15) is 5.60 Å². The van der Waals surface area contributed by atoms with E-state index in [4.69, 9.17) is 8.84 Å². The Hall–Kier alpha value is -0.705. The Balaban J connectivity index is 2.20. The molecule has 0 aliphatic heterocycles. The molecule has 6 nitrogen and oxygen atoms in total. The number of hydrogen-bond donors (Lipinski definition) is 2. The normalized spacial score (nSPS) is 14.0. The van der Waals surface area contributed by atoms with Gasteiger partial charge in [0.05, 0.1) is 21.7 Å². The van der Waals surface area contributed by atoms with Gasteiger partial charge >= 0.3 is 7.48 Å². The van der Waals surface area contributed by atoms with E-state index in [1.54, 1.807) is 35.2 Å². The minimum Gasteiger partial charge on any atom is -0.426 e. The molecule has 0 amide bonds. The summed E-state index contributed by atoms with van der Waals surface area (Å²) in [7, 11) is 1.64. The van der Waals surface area contributed by atoms with E-state index in [9.17, 15) is 10.2 Å². The fourth-order valence-corrected chi connectivity index (χ4v) is 3.21. The van der Waals surface area contributed by atoms with Crippen LogP contribution in [0.15, 0.2) is 17.0 Å². The van der Waals surface area contributed by atoms with E-state index >= 15 is 0 Å². The Morgan fingerprint density at radius 2 is 1.59 bits per heavy atom. The lowest BCUT2D eigenvalue weighted by Gasteiger charge is -2.37. The lowest BCUT2D eigenvalue weighted by molar-refractivity contribution is -0.254. The van der Waals surface area contributed by atoms with E-state index < -0.39 is 22.4 Å². The molecular weight excluding hydrogens is 383 g/mol. The van der Waals surface area contributed by atoms with Crippen LogP contribution in [0.3, 0.4) is 0 Å². The van der Waals surface area contributed by atoms with Crippen LogP contribution in [0.2, 0.25) is 0 Å². The first-order valence-electron chi connectivity index (χ1n) is 8.77. The largest absolute Gasteiger partial charge is 0.426 e. The molecule has 2 aromatic rings. The summed E-state index contributed by atoms with van der Waals surface area (Å²) in [6.07, 6.45) is 0. The summed E-state index contributed by atoms with van der Waals surface area (Å²) < 4.78 is 19.4. The van der Waals surface area contributed by atoms with Gasteiger partial charge in [-0.25, -0.2) is 0 Å². The number of aromatic nitrogens is 2. The topological polar surface area (TPSA) is 86.0 Å². The Morgan fingerprint density at radius 1 is 1.00 bits per heavy atom. The number of fused-ring (bicyclic) bond motifs is 1. The summed E-state index contributed by atoms with van der Waals surface area (Å²) in [5.74, 6) is 0. The Kier molecular flexibility index (Phi) is 6.36. The first kappa shape index (κ1) is 22.6. The highest BCUT2D eigenvalue weighted by Gasteiger charge is 2.38. The van der Waals surface area contributed by atoms with E-state index in [2.05, 4.69) is 8.75 Å². The quantitative estimate of drug-likeness (QED) is 0.512. The van der Waals surface area contributed by atoms with Gasteiger partial charge in [0.2, 0.25) is 0 Å². The summed E-state index contributed by atoms with van der Waals surface area (Å²) in [6.45, 7) is 14.3. The second-order valence-corrected chi connectivity index (χ2v) is 10.0. The third-order valence-corrected chi connectivity index (χ3v) is 6.80. The molecule has 0 saturated carbocycles. The zero-order valence-electron chi connectivity index (χ0n) is 17.2. The van der Waals surface area contributed by atoms with Gasteiger partial charge in [-0.1, -0.05) is 6.07 Å². The van der Waals surface area contributed by atoms with Crippen molar-refractivity contribution in [3.05, 3.63) is 12.1 Å². The van der Waals surface area contributed by atoms with Gasteiger partial charge in [0.15, 0.2) is 5.52 Å². The lowest BCUT2D eigenvalue weighted by atomic mass is 9.82. The lowest BCUT2D eigenvalue weighted by Crippen LogP contribution is -2.49. The van der Waals surface area contributed by atoms with Crippen molar-refractivity contribution in [3.8, 4) is 0 Å². The Labute approximate surface area is 170 Å². The third kappa shape index (κ3) is 5.02. The van der Waals surface area contributed by atoms with Crippen LogP contribution in [0.25, 0.3) is 11.0 Å². The van der Waals surface area contributed by atoms with Crippen LogP contribution < -0.4 is 9.84 Å². The third-order valence-electron chi connectivity index (χ3n) is 5.22. The fraction of sp³-hybridized carbons (Fsp3) is 0.667. The maximum absolute atomic E-state index is 10.3. The number of H-pyrrole nitrogens is 1. The van der Waals surface area contributed by atoms with Crippen LogP contribution in [0.5, 0.6) is 0 Å². The van der Waals surface area contributed by atoms with Crippen molar-refractivity contribution in [3.63, 3.8) is 0 Å². The van der Waals surface area contributed by atoms with Gasteiger partial charge in [0, 0.05) is 16.4 Å². The zero-order chi connectivity index (χ0) is 20.7. The molecule has 1 radical (unpaired) electrons. The van der Waals surface area contributed by atoms with Gasteiger partial charge in [-0.05, 0) is 66.9 Å². The van der Waals surface area contributed by atoms with Crippen molar-refractivity contribution in [2.24, 2.45) is 0 Å². The SMILES string of the molecule is CC(C)(O)C(C)(C)O[B]c1ccc(SOC(C)(C)C(C)(C)O)c2ns[nH+]c12. The predicted octanol–water partition coefficient (Wildman–Crippen LogP) is 2.49. The molecule has 149 valence electrons. The molecule has 0 aliphatic rings. The molecule has 1 heterocycles. The summed E-state index contributed by atoms with van der Waals surface area (Å²) in [6, 6.07) is 3.82. The van der Waals surface area contributed by atoms with Crippen molar-refractivity contribution in [2.75, 3.05) is 0 Å². The van der Waals surface area contributed by atoms with E-state index in [-0.39, 0.29) is 0 Å². The number of aromatic amines is 1. The van der Waals surface area contributed by atoms with Crippen LogP contribution in [0, 0.1) is 0 Å². The van der Waals surface area contributed by atoms with Gasteiger partial charge in [-0.15, -0.1) is 0 Å². The van der Waals surface area contributed by atoms with E-state index in [1.807, 2.05) is 39.8 Å². The fourth-order valence-electron chi connectivity index (χ4n) is 1.67. The average Bonchev–Trinajstić information content (AvgIpc) is 2.99. The number of benzene rings is 1. The predicted molar refractivity (Wildman–Crippen MR) is 110 cm³/mol. The zero-order valence-corrected chi connectivity index (χ0v) is 18.8. The van der Waals surface area contributed by atoms with Crippen LogP contribution >= 0.6 is 23.8 Å². The second kappa shape index (κ2) is 7.61. The van der Waals surface area contributed by atoms with Crippen molar-refractivity contribution in [2.45, 2.75) is 82.7 Å². The smallest absolute Gasteiger partial charge is 0.335 e. The molecule has 3 N–H and O–H groups in total. The first-order valence-corrected chi connectivity index (χ1v) is 10.3. The molecule has 2 rings (SSSR count). The average molecular weight is 412 g/mol. The van der Waals surface area contributed by atoms with Gasteiger partial charge < -0.3 is 19.1 Å². The summed E-state index contributed by atoms with van der Waals surface area (Å²) in [5, 5.41) is 20.5. The van der Waals surface area contributed by atoms with Crippen LogP contribution in [0.1, 0.15) is 55.4 Å². The second-order valence-electron chi connectivity index (χ2n) is 8.70. The molecule has 9 heteroatoms. The molecule has 27 heavy (non-hydrogen) atoms. The minimum absolute atomic E-state index is 0.742. The van der Waals surface area contributed by atoms with Gasteiger partial charge in [-0.3, -0.25) is 0 Å². The van der Waals surface area contributed by atoms with Crippen LogP contribution in [-0.4, -0.2) is 44.5 Å². The molecule has 0 fully saturated rings. The molecule has 0 atom stereocenters. The maximum atomic E-state index is 10.3. The van der Waals surface area contributed by atoms with Crippen molar-refractivity contribution in [1.82, 2.24) is 4.37 Å². The minimum atomic E-state index is -0.995. The van der Waals surface area contributed by atoms with Crippen LogP contribution in [-0.2, 0) is 8.84 Å². The Morgan fingerprint density at radius 3 is 2.15 bits per heavy atom. The molecular formula is C18H29BN2O4S2+. The van der Waals surface area contributed by atoms with E-state index in [0.29, 0.717) is 0 Å². The number of aliphatic hydroxyl groups is 2. The number of nitrogens with one attached hydrogen (secondary N) is 1. The number of hydrogen-bond acceptors (Lipinski definition) is 7. The van der Waals surface area contributed by atoms with Crippen molar-refractivity contribution >= 4 is 47.7 Å². The molecule has 0 spiro atoms. The van der Waals surface area contributed by atoms with E-state index in [0.717, 1.165) is 21.4 Å². The maximum Gasteiger partial charge on any atom is 0.335 e. The molecule has 0 saturated heterocycles. The highest BCUT2D eigenvalue weighted by atomic mass is 32.2. The van der Waals surface area contributed by atoms with Crippen molar-refractivity contribution < 1.29 is 23.4 Å². The van der Waals surface area contributed by atoms with E-state index in [1.165, 1.54) is 23.8 Å². The van der Waals surface area contributed by atoms with Gasteiger partial charge in [0.25, 0.3) is 17.2 Å². The van der Waals surface area contributed by atoms with Crippen LogP contribution in [0.4, 0.5) is 0 Å². The molecule has 0 bridgehead atoms. The summed E-state index contributed by atoms with van der Waals surface area (Å²) in [5.41, 5.74) is -1.04. The Bertz CT molecular complexity index is 731. The molecule has 0 unspecified atom stereocenters. The summed E-state index contributed by atoms with van der Waals surface area (Å²) >= 11 is 2.44.